The van der Waals surface area contributed by atoms with Gasteiger partial charge in [0, 0.05) is 12.7 Å². The highest BCUT2D eigenvalue weighted by molar-refractivity contribution is 5.66. The van der Waals surface area contributed by atoms with Crippen molar-refractivity contribution in [3.05, 3.63) is 18.2 Å². The maximum absolute atomic E-state index is 5.97. The molecule has 1 aliphatic carbocycles. The summed E-state index contributed by atoms with van der Waals surface area (Å²) in [5.41, 5.74) is 7.41. The van der Waals surface area contributed by atoms with E-state index in [4.69, 9.17) is 15.2 Å². The number of aromatic nitrogens is 4. The number of rotatable bonds is 4. The summed E-state index contributed by atoms with van der Waals surface area (Å²) in [6.45, 7) is 0. The summed E-state index contributed by atoms with van der Waals surface area (Å²) in [4.78, 5) is 0. The summed E-state index contributed by atoms with van der Waals surface area (Å²) in [5, 5.41) is 12.1. The average Bonchev–Trinajstić information content (AvgIpc) is 3.15. The first kappa shape index (κ1) is 13.8. The van der Waals surface area contributed by atoms with Crippen molar-refractivity contribution in [2.24, 2.45) is 0 Å². The lowest BCUT2D eigenvalue weighted by Gasteiger charge is -2.19. The van der Waals surface area contributed by atoms with Gasteiger partial charge in [-0.2, -0.15) is 0 Å². The lowest BCUT2D eigenvalue weighted by Crippen LogP contribution is -2.22. The quantitative estimate of drug-likeness (QED) is 0.861. The normalized spacial score (nSPS) is 21.6. The molecule has 1 heterocycles. The van der Waals surface area contributed by atoms with Gasteiger partial charge in [-0.25, -0.2) is 4.68 Å². The van der Waals surface area contributed by atoms with Crippen LogP contribution in [0.4, 0.5) is 5.69 Å². The fraction of sp³-hybridized carbons (Fsp3) is 0.500. The van der Waals surface area contributed by atoms with E-state index in [1.807, 2.05) is 22.9 Å². The summed E-state index contributed by atoms with van der Waals surface area (Å²) in [5.74, 6) is 1.35. The Balaban J connectivity index is 1.97. The lowest BCUT2D eigenvalue weighted by molar-refractivity contribution is 0.0708. The van der Waals surface area contributed by atoms with Gasteiger partial charge in [0.25, 0.3) is 0 Å². The zero-order valence-corrected chi connectivity index (χ0v) is 12.2. The smallest absolute Gasteiger partial charge is 0.182 e. The van der Waals surface area contributed by atoms with Crippen LogP contribution in [-0.4, -0.2) is 40.5 Å². The molecular weight excluding hydrogens is 270 g/mol. The Kier molecular flexibility index (Phi) is 3.74. The first-order valence-corrected chi connectivity index (χ1v) is 6.99. The predicted molar refractivity (Wildman–Crippen MR) is 77.9 cm³/mol. The summed E-state index contributed by atoms with van der Waals surface area (Å²) in [6.07, 6.45) is 3.32. The van der Waals surface area contributed by atoms with Crippen molar-refractivity contribution in [1.82, 2.24) is 20.2 Å². The molecule has 2 atom stereocenters. The summed E-state index contributed by atoms with van der Waals surface area (Å²) >= 11 is 0. The third-order valence-electron chi connectivity index (χ3n) is 4.02. The lowest BCUT2D eigenvalue weighted by atomic mass is 10.1. The number of hydrogen-bond acceptors (Lipinski definition) is 6. The molecule has 2 unspecified atom stereocenters. The molecule has 1 fully saturated rings. The predicted octanol–water partition coefficient (Wildman–Crippen LogP) is 1.67. The molecule has 1 aromatic carbocycles. The highest BCUT2D eigenvalue weighted by atomic mass is 16.5. The van der Waals surface area contributed by atoms with Gasteiger partial charge in [0.05, 0.1) is 24.9 Å². The molecular formula is C14H19N5O2. The van der Waals surface area contributed by atoms with E-state index in [9.17, 15) is 0 Å². The minimum Gasteiger partial charge on any atom is -0.495 e. The van der Waals surface area contributed by atoms with Crippen LogP contribution in [0.3, 0.4) is 0 Å². The van der Waals surface area contributed by atoms with E-state index in [2.05, 4.69) is 15.5 Å². The number of hydrogen-bond donors (Lipinski definition) is 1. The van der Waals surface area contributed by atoms with Crippen LogP contribution >= 0.6 is 0 Å². The van der Waals surface area contributed by atoms with E-state index >= 15 is 0 Å². The van der Waals surface area contributed by atoms with E-state index in [1.165, 1.54) is 0 Å². The standard InChI is InChI=1S/C14H19N5O2/c1-20-12-7-6-9(8-10(12)15)14-16-17-18-19(14)11-4-3-5-13(11)21-2/h6-8,11,13H,3-5,15H2,1-2H3. The molecule has 112 valence electrons. The van der Waals surface area contributed by atoms with Gasteiger partial charge in [0.15, 0.2) is 5.82 Å². The van der Waals surface area contributed by atoms with Gasteiger partial charge in [-0.05, 0) is 47.9 Å². The number of anilines is 1. The second-order valence-electron chi connectivity index (χ2n) is 5.18. The van der Waals surface area contributed by atoms with E-state index in [0.29, 0.717) is 17.3 Å². The number of ether oxygens (including phenoxy) is 2. The minimum atomic E-state index is 0.155. The third-order valence-corrected chi connectivity index (χ3v) is 4.02. The van der Waals surface area contributed by atoms with Crippen LogP contribution < -0.4 is 10.5 Å². The molecule has 0 amide bonds. The van der Waals surface area contributed by atoms with Crippen molar-refractivity contribution in [2.75, 3.05) is 20.0 Å². The van der Waals surface area contributed by atoms with Crippen molar-refractivity contribution in [3.63, 3.8) is 0 Å². The molecule has 1 saturated carbocycles. The van der Waals surface area contributed by atoms with Crippen molar-refractivity contribution in [1.29, 1.82) is 0 Å². The molecule has 1 aromatic heterocycles. The molecule has 0 aliphatic heterocycles. The molecule has 1 aliphatic rings. The number of nitrogen functional groups attached to an aromatic ring is 1. The Bertz CT molecular complexity index is 628. The van der Waals surface area contributed by atoms with Crippen molar-refractivity contribution >= 4 is 5.69 Å². The number of benzene rings is 1. The number of methoxy groups -OCH3 is 2. The van der Waals surface area contributed by atoms with Gasteiger partial charge < -0.3 is 15.2 Å². The van der Waals surface area contributed by atoms with E-state index in [0.717, 1.165) is 24.8 Å². The minimum absolute atomic E-state index is 0.155. The molecule has 7 heteroatoms. The van der Waals surface area contributed by atoms with Crippen LogP contribution in [0.15, 0.2) is 18.2 Å². The maximum Gasteiger partial charge on any atom is 0.182 e. The van der Waals surface area contributed by atoms with Crippen LogP contribution in [0.5, 0.6) is 5.75 Å². The molecule has 0 bridgehead atoms. The van der Waals surface area contributed by atoms with Crippen LogP contribution in [-0.2, 0) is 4.74 Å². The topological polar surface area (TPSA) is 88.1 Å². The van der Waals surface area contributed by atoms with Crippen molar-refractivity contribution in [2.45, 2.75) is 31.4 Å². The number of tetrazole rings is 1. The van der Waals surface area contributed by atoms with E-state index in [1.54, 1.807) is 14.2 Å². The first-order valence-electron chi connectivity index (χ1n) is 6.99. The Morgan fingerprint density at radius 1 is 1.29 bits per heavy atom. The Morgan fingerprint density at radius 3 is 2.86 bits per heavy atom. The fourth-order valence-corrected chi connectivity index (χ4v) is 2.94. The SMILES string of the molecule is COc1ccc(-c2nnnn2C2CCCC2OC)cc1N. The fourth-order valence-electron chi connectivity index (χ4n) is 2.94. The Labute approximate surface area is 123 Å². The van der Waals surface area contributed by atoms with Crippen LogP contribution in [0, 0.1) is 0 Å². The van der Waals surface area contributed by atoms with Crippen molar-refractivity contribution < 1.29 is 9.47 Å². The monoisotopic (exact) mass is 289 g/mol. The Morgan fingerprint density at radius 2 is 2.14 bits per heavy atom. The second-order valence-corrected chi connectivity index (χ2v) is 5.18. The van der Waals surface area contributed by atoms with Gasteiger partial charge in [-0.1, -0.05) is 0 Å². The van der Waals surface area contributed by atoms with Gasteiger partial charge in [0.1, 0.15) is 5.75 Å². The van der Waals surface area contributed by atoms with E-state index in [-0.39, 0.29) is 12.1 Å². The molecule has 7 nitrogen and oxygen atoms in total. The molecule has 3 rings (SSSR count). The van der Waals surface area contributed by atoms with Gasteiger partial charge in [0.2, 0.25) is 0 Å². The molecule has 2 N–H and O–H groups in total. The maximum atomic E-state index is 5.97. The Hall–Kier alpha value is -2.15. The highest BCUT2D eigenvalue weighted by Gasteiger charge is 2.31. The van der Waals surface area contributed by atoms with Gasteiger partial charge in [-0.15, -0.1) is 5.10 Å². The molecule has 0 radical (unpaired) electrons. The van der Waals surface area contributed by atoms with E-state index < -0.39 is 0 Å². The molecule has 0 saturated heterocycles. The summed E-state index contributed by atoms with van der Waals surface area (Å²) < 4.78 is 12.6. The van der Waals surface area contributed by atoms with Crippen LogP contribution in [0.2, 0.25) is 0 Å². The van der Waals surface area contributed by atoms with Crippen molar-refractivity contribution in [3.8, 4) is 17.1 Å². The second kappa shape index (κ2) is 5.69. The molecule has 21 heavy (non-hydrogen) atoms. The number of nitrogens with two attached hydrogens (primary N) is 1. The largest absolute Gasteiger partial charge is 0.495 e. The van der Waals surface area contributed by atoms with Crippen LogP contribution in [0.1, 0.15) is 25.3 Å². The van der Waals surface area contributed by atoms with Gasteiger partial charge >= 0.3 is 0 Å². The summed E-state index contributed by atoms with van der Waals surface area (Å²) in [7, 11) is 3.33. The number of nitrogens with zero attached hydrogens (tertiary/aromatic N) is 4. The average molecular weight is 289 g/mol. The zero-order chi connectivity index (χ0) is 14.8. The summed E-state index contributed by atoms with van der Waals surface area (Å²) in [6, 6.07) is 5.74. The zero-order valence-electron chi connectivity index (χ0n) is 12.2. The van der Waals surface area contributed by atoms with Crippen LogP contribution in [0.25, 0.3) is 11.4 Å². The molecule has 2 aromatic rings. The third kappa shape index (κ3) is 2.44. The molecule has 0 spiro atoms. The van der Waals surface area contributed by atoms with Gasteiger partial charge in [-0.3, -0.25) is 0 Å². The highest BCUT2D eigenvalue weighted by Crippen LogP contribution is 2.35. The first-order chi connectivity index (χ1) is 10.2.